The Kier molecular flexibility index (Phi) is 5.53. The summed E-state index contributed by atoms with van der Waals surface area (Å²) in [5, 5.41) is 0. The van der Waals surface area contributed by atoms with Crippen LogP contribution in [0.15, 0.2) is 22.3 Å². The first-order valence-electron chi connectivity index (χ1n) is 8.90. The standard InChI is InChI=1S/C20H23NO3.Y/c1-4-6-13(5-2)7-8-14-15-9-10-17-20(15,24-17)18(14)19-21-16(11-23-19)12(3)22;/h2,5,11,14-15,17-18H,4,6,8-10H2,1,3H3;/q-2;/t14?,15?,17-,18-,20+;/m1./s1. The number of carbonyl (C=O) groups is 1. The molecular weight excluding hydrogens is 391 g/mol. The minimum Gasteiger partial charge on any atom is -0.448 e. The van der Waals surface area contributed by atoms with Crippen LogP contribution in [-0.4, -0.2) is 22.5 Å². The van der Waals surface area contributed by atoms with Crippen LogP contribution in [0.2, 0.25) is 0 Å². The van der Waals surface area contributed by atoms with Crippen molar-refractivity contribution in [3.8, 4) is 0 Å². The molecule has 4 rings (SSSR count). The quantitative estimate of drug-likeness (QED) is 0.293. The summed E-state index contributed by atoms with van der Waals surface area (Å²) in [6, 6.07) is 0. The summed E-state index contributed by atoms with van der Waals surface area (Å²) in [7, 11) is 0. The Hall–Kier alpha value is -0.576. The average Bonchev–Trinajstić information content (AvgIpc) is 2.97. The first-order chi connectivity index (χ1) is 11.6. The van der Waals surface area contributed by atoms with Gasteiger partial charge < -0.3 is 33.5 Å². The van der Waals surface area contributed by atoms with Crippen LogP contribution in [0.5, 0.6) is 0 Å². The van der Waals surface area contributed by atoms with Crippen molar-refractivity contribution in [3.63, 3.8) is 0 Å². The summed E-state index contributed by atoms with van der Waals surface area (Å²) in [6.07, 6.45) is 12.1. The number of oxazole rings is 1. The summed E-state index contributed by atoms with van der Waals surface area (Å²) in [5.74, 6) is 1.68. The zero-order chi connectivity index (χ0) is 16.9. The molecular formula is C20H23NO3Y-2. The van der Waals surface area contributed by atoms with Gasteiger partial charge in [-0.2, -0.15) is 0 Å². The summed E-state index contributed by atoms with van der Waals surface area (Å²) >= 11 is 0. The molecule has 0 N–H and O–H groups in total. The summed E-state index contributed by atoms with van der Waals surface area (Å²) in [4.78, 5) is 16.0. The van der Waals surface area contributed by atoms with Crippen molar-refractivity contribution in [3.05, 3.63) is 42.2 Å². The van der Waals surface area contributed by atoms with Crippen LogP contribution in [0.4, 0.5) is 0 Å². The molecule has 2 heterocycles. The molecule has 2 unspecified atom stereocenters. The van der Waals surface area contributed by atoms with Gasteiger partial charge in [-0.25, -0.2) is 4.98 Å². The molecule has 1 aromatic rings. The summed E-state index contributed by atoms with van der Waals surface area (Å²) in [6.45, 7) is 9.36. The number of Topliss-reactive ketones (excluding diaryl/α,β-unsaturated/α-hetero) is 1. The van der Waals surface area contributed by atoms with Crippen molar-refractivity contribution >= 4 is 5.78 Å². The maximum atomic E-state index is 11.5. The Morgan fingerprint density at radius 3 is 2.92 bits per heavy atom. The van der Waals surface area contributed by atoms with Gasteiger partial charge in [0.1, 0.15) is 17.6 Å². The fraction of sp³-hybridized carbons (Fsp3) is 0.600. The van der Waals surface area contributed by atoms with Crippen LogP contribution >= 0.6 is 0 Å². The van der Waals surface area contributed by atoms with Crippen molar-refractivity contribution < 1.29 is 46.7 Å². The molecule has 1 radical (unpaired) electrons. The molecule has 0 amide bonds. The van der Waals surface area contributed by atoms with E-state index in [1.165, 1.54) is 19.6 Å². The number of aromatic nitrogens is 1. The molecule has 5 heteroatoms. The van der Waals surface area contributed by atoms with E-state index in [4.69, 9.17) is 15.7 Å². The molecule has 1 spiro atoms. The van der Waals surface area contributed by atoms with Crippen LogP contribution < -0.4 is 0 Å². The number of hydrogen-bond acceptors (Lipinski definition) is 4. The molecule has 1 aromatic heterocycles. The van der Waals surface area contributed by atoms with E-state index < -0.39 is 0 Å². The number of ketones is 1. The van der Waals surface area contributed by atoms with Gasteiger partial charge in [0, 0.05) is 39.6 Å². The van der Waals surface area contributed by atoms with Gasteiger partial charge in [-0.05, 0) is 24.7 Å². The predicted molar refractivity (Wildman–Crippen MR) is 88.2 cm³/mol. The number of hydrogen-bond donors (Lipinski definition) is 0. The van der Waals surface area contributed by atoms with Gasteiger partial charge in [0.15, 0.2) is 5.78 Å². The van der Waals surface area contributed by atoms with Crippen LogP contribution in [0.25, 0.3) is 0 Å². The maximum Gasteiger partial charge on any atom is 0.201 e. The third-order valence-corrected chi connectivity index (χ3v) is 5.98. The molecule has 3 fully saturated rings. The maximum absolute atomic E-state index is 11.5. The Labute approximate surface area is 174 Å². The van der Waals surface area contributed by atoms with Crippen LogP contribution in [0, 0.1) is 24.5 Å². The third-order valence-electron chi connectivity index (χ3n) is 5.98. The van der Waals surface area contributed by atoms with Crippen LogP contribution in [0.1, 0.15) is 68.2 Å². The van der Waals surface area contributed by atoms with E-state index in [-0.39, 0.29) is 50.0 Å². The van der Waals surface area contributed by atoms with E-state index >= 15 is 0 Å². The average molecular weight is 414 g/mol. The first kappa shape index (κ1) is 19.2. The van der Waals surface area contributed by atoms with E-state index in [2.05, 4.69) is 18.0 Å². The zero-order valence-electron chi connectivity index (χ0n) is 14.8. The van der Waals surface area contributed by atoms with E-state index in [0.717, 1.165) is 31.3 Å². The molecule has 0 bridgehead atoms. The SMILES string of the molecule is [CH-]=CC(=[C-]CC1C2CC[C@H]3O[C@@]23[C@H]1c1nc(C(C)=O)co1)CCC.[Y]. The largest absolute Gasteiger partial charge is 0.448 e. The third kappa shape index (κ3) is 2.94. The summed E-state index contributed by atoms with van der Waals surface area (Å²) < 4.78 is 11.7. The van der Waals surface area contributed by atoms with Gasteiger partial charge in [-0.15, -0.1) is 12.8 Å². The normalized spacial score (nSPS) is 35.2. The molecule has 4 nitrogen and oxygen atoms in total. The van der Waals surface area contributed by atoms with Crippen molar-refractivity contribution in [2.45, 2.75) is 63.6 Å². The second kappa shape index (κ2) is 7.21. The molecule has 2 aliphatic carbocycles. The van der Waals surface area contributed by atoms with Gasteiger partial charge in [-0.1, -0.05) is 13.3 Å². The Morgan fingerprint density at radius 1 is 1.52 bits per heavy atom. The van der Waals surface area contributed by atoms with E-state index in [1.807, 2.05) is 0 Å². The minimum absolute atomic E-state index is 0. The van der Waals surface area contributed by atoms with E-state index in [1.54, 1.807) is 6.08 Å². The van der Waals surface area contributed by atoms with E-state index in [9.17, 15) is 4.79 Å². The smallest absolute Gasteiger partial charge is 0.201 e. The van der Waals surface area contributed by atoms with Crippen molar-refractivity contribution in [1.29, 1.82) is 0 Å². The Balaban J connectivity index is 0.00000182. The predicted octanol–water partition coefficient (Wildman–Crippen LogP) is 4.04. The molecule has 5 atom stereocenters. The number of ether oxygens (including phenoxy) is 1. The fourth-order valence-corrected chi connectivity index (χ4v) is 4.86. The van der Waals surface area contributed by atoms with Gasteiger partial charge in [0.25, 0.3) is 0 Å². The van der Waals surface area contributed by atoms with Crippen molar-refractivity contribution in [2.24, 2.45) is 11.8 Å². The first-order valence-corrected chi connectivity index (χ1v) is 8.90. The Morgan fingerprint density at radius 2 is 2.32 bits per heavy atom. The fourth-order valence-electron chi connectivity index (χ4n) is 4.86. The number of nitrogens with zero attached hydrogens (tertiary/aromatic N) is 1. The number of rotatable bonds is 7. The molecule has 1 aliphatic heterocycles. The van der Waals surface area contributed by atoms with Gasteiger partial charge >= 0.3 is 0 Å². The molecule has 131 valence electrons. The van der Waals surface area contributed by atoms with Gasteiger partial charge in [-0.3, -0.25) is 4.79 Å². The topological polar surface area (TPSA) is 55.6 Å². The summed E-state index contributed by atoms with van der Waals surface area (Å²) in [5.41, 5.74) is 1.41. The van der Waals surface area contributed by atoms with E-state index in [0.29, 0.717) is 29.5 Å². The van der Waals surface area contributed by atoms with Gasteiger partial charge in [0.2, 0.25) is 5.89 Å². The minimum atomic E-state index is -0.0807. The molecule has 0 aromatic carbocycles. The number of allylic oxidation sites excluding steroid dienone is 3. The zero-order valence-corrected chi connectivity index (χ0v) is 17.7. The molecule has 2 saturated carbocycles. The van der Waals surface area contributed by atoms with Crippen molar-refractivity contribution in [1.82, 2.24) is 4.98 Å². The second-order valence-electron chi connectivity index (χ2n) is 7.24. The Bertz CT molecular complexity index is 710. The van der Waals surface area contributed by atoms with Crippen LogP contribution in [-0.2, 0) is 37.4 Å². The monoisotopic (exact) mass is 414 g/mol. The molecule has 25 heavy (non-hydrogen) atoms. The van der Waals surface area contributed by atoms with Crippen molar-refractivity contribution in [2.75, 3.05) is 0 Å². The molecule has 3 aliphatic rings. The number of carbonyl (C=O) groups excluding carboxylic acids is 1. The molecule has 1 saturated heterocycles. The van der Waals surface area contributed by atoms with Gasteiger partial charge in [0.05, 0.1) is 12.0 Å². The number of epoxide rings is 1. The van der Waals surface area contributed by atoms with Crippen LogP contribution in [0.3, 0.4) is 0 Å². The second-order valence-corrected chi connectivity index (χ2v) is 7.24.